The molecule has 3 rings (SSSR count). The monoisotopic (exact) mass is 331 g/mol. The normalized spacial score (nSPS) is 20.0. The summed E-state index contributed by atoms with van der Waals surface area (Å²) >= 11 is 0. The van der Waals surface area contributed by atoms with E-state index in [1.54, 1.807) is 0 Å². The number of hydrogen-bond acceptors (Lipinski definition) is 3. The lowest BCUT2D eigenvalue weighted by Gasteiger charge is -2.35. The topological polar surface area (TPSA) is 55.8 Å². The van der Waals surface area contributed by atoms with Gasteiger partial charge < -0.3 is 15.3 Å². The summed E-state index contributed by atoms with van der Waals surface area (Å²) in [5.74, 6) is 1.08. The van der Waals surface area contributed by atoms with Gasteiger partial charge in [-0.05, 0) is 30.7 Å². The lowest BCUT2D eigenvalue weighted by molar-refractivity contribution is 0.135. The van der Waals surface area contributed by atoms with Crippen LogP contribution in [-0.4, -0.2) is 66.8 Å². The van der Waals surface area contributed by atoms with Gasteiger partial charge in [0.15, 0.2) is 0 Å². The molecule has 1 aromatic carbocycles. The Balaban J connectivity index is 1.43. The average molecular weight is 331 g/mol. The van der Waals surface area contributed by atoms with Gasteiger partial charge in [-0.3, -0.25) is 4.90 Å². The summed E-state index contributed by atoms with van der Waals surface area (Å²) in [6.45, 7) is 5.53. The molecular formula is C19H29N3O2. The number of benzene rings is 1. The van der Waals surface area contributed by atoms with Gasteiger partial charge in [-0.15, -0.1) is 0 Å². The van der Waals surface area contributed by atoms with Gasteiger partial charge in [0, 0.05) is 51.8 Å². The molecule has 0 bridgehead atoms. The standard InChI is InChI=1S/C19H29N3O2/c23-13-8-18(17-4-2-1-3-5-17)14-20-19(24)22-11-9-21(10-12-22)15-16-6-7-16/h1-5,16,18,23H,6-15H2,(H,20,24). The van der Waals surface area contributed by atoms with E-state index in [4.69, 9.17) is 0 Å². The largest absolute Gasteiger partial charge is 0.396 e. The van der Waals surface area contributed by atoms with Gasteiger partial charge >= 0.3 is 6.03 Å². The quantitative estimate of drug-likeness (QED) is 0.802. The van der Waals surface area contributed by atoms with Crippen LogP contribution in [0.1, 0.15) is 30.7 Å². The Hall–Kier alpha value is -1.59. The van der Waals surface area contributed by atoms with E-state index < -0.39 is 0 Å². The minimum absolute atomic E-state index is 0.0277. The molecule has 24 heavy (non-hydrogen) atoms. The highest BCUT2D eigenvalue weighted by molar-refractivity contribution is 5.74. The molecule has 2 aliphatic rings. The van der Waals surface area contributed by atoms with Gasteiger partial charge in [0.25, 0.3) is 0 Å². The Labute approximate surface area is 144 Å². The van der Waals surface area contributed by atoms with E-state index in [1.807, 2.05) is 23.1 Å². The summed E-state index contributed by atoms with van der Waals surface area (Å²) in [6, 6.07) is 10.1. The Morgan fingerprint density at radius 3 is 2.50 bits per heavy atom. The van der Waals surface area contributed by atoms with Gasteiger partial charge in [-0.2, -0.15) is 0 Å². The molecule has 1 saturated heterocycles. The number of aliphatic hydroxyl groups excluding tert-OH is 1. The zero-order valence-electron chi connectivity index (χ0n) is 14.4. The van der Waals surface area contributed by atoms with Crippen LogP contribution in [-0.2, 0) is 0 Å². The van der Waals surface area contributed by atoms with Gasteiger partial charge in [0.05, 0.1) is 0 Å². The number of hydrogen-bond donors (Lipinski definition) is 2. The van der Waals surface area contributed by atoms with Crippen molar-refractivity contribution < 1.29 is 9.90 Å². The van der Waals surface area contributed by atoms with Crippen molar-refractivity contribution in [3.05, 3.63) is 35.9 Å². The van der Waals surface area contributed by atoms with Crippen molar-refractivity contribution in [3.63, 3.8) is 0 Å². The first-order valence-electron chi connectivity index (χ1n) is 9.17. The van der Waals surface area contributed by atoms with Crippen LogP contribution in [0.15, 0.2) is 30.3 Å². The van der Waals surface area contributed by atoms with E-state index >= 15 is 0 Å². The van der Waals surface area contributed by atoms with E-state index in [2.05, 4.69) is 22.3 Å². The van der Waals surface area contributed by atoms with Gasteiger partial charge in [-0.25, -0.2) is 4.79 Å². The van der Waals surface area contributed by atoms with Gasteiger partial charge in [0.1, 0.15) is 0 Å². The van der Waals surface area contributed by atoms with Crippen LogP contribution in [0.4, 0.5) is 4.79 Å². The molecule has 1 atom stereocenters. The third-order valence-electron chi connectivity index (χ3n) is 5.12. The Morgan fingerprint density at radius 1 is 1.17 bits per heavy atom. The fourth-order valence-corrected chi connectivity index (χ4v) is 3.39. The predicted octanol–water partition coefficient (Wildman–Crippen LogP) is 1.89. The number of aliphatic hydroxyl groups is 1. The van der Waals surface area contributed by atoms with Crippen LogP contribution in [0.5, 0.6) is 0 Å². The highest BCUT2D eigenvalue weighted by Crippen LogP contribution is 2.29. The van der Waals surface area contributed by atoms with E-state index in [9.17, 15) is 9.90 Å². The molecule has 2 N–H and O–H groups in total. The van der Waals surface area contributed by atoms with Crippen molar-refractivity contribution in [1.82, 2.24) is 15.1 Å². The summed E-state index contributed by atoms with van der Waals surface area (Å²) in [6.07, 6.45) is 3.43. The molecule has 0 aromatic heterocycles. The summed E-state index contributed by atoms with van der Waals surface area (Å²) in [7, 11) is 0. The zero-order chi connectivity index (χ0) is 16.8. The molecule has 1 heterocycles. The highest BCUT2D eigenvalue weighted by atomic mass is 16.3. The predicted molar refractivity (Wildman–Crippen MR) is 95.0 cm³/mol. The fraction of sp³-hybridized carbons (Fsp3) is 0.632. The maximum absolute atomic E-state index is 12.4. The molecule has 5 heteroatoms. The van der Waals surface area contributed by atoms with Crippen molar-refractivity contribution in [3.8, 4) is 0 Å². The number of amides is 2. The number of piperazine rings is 1. The molecule has 0 radical (unpaired) electrons. The van der Waals surface area contributed by atoms with Crippen molar-refractivity contribution in [1.29, 1.82) is 0 Å². The first-order chi connectivity index (χ1) is 11.8. The first kappa shape index (κ1) is 17.2. The summed E-state index contributed by atoms with van der Waals surface area (Å²) in [5, 5.41) is 12.4. The van der Waals surface area contributed by atoms with Crippen LogP contribution in [0.3, 0.4) is 0 Å². The van der Waals surface area contributed by atoms with Crippen LogP contribution in [0.2, 0.25) is 0 Å². The zero-order valence-corrected chi connectivity index (χ0v) is 14.4. The number of urea groups is 1. The molecule has 0 spiro atoms. The smallest absolute Gasteiger partial charge is 0.317 e. The maximum atomic E-state index is 12.4. The fourth-order valence-electron chi connectivity index (χ4n) is 3.39. The molecule has 1 aliphatic heterocycles. The lowest BCUT2D eigenvalue weighted by atomic mass is 9.96. The molecule has 2 fully saturated rings. The van der Waals surface area contributed by atoms with E-state index in [1.165, 1.54) is 24.9 Å². The van der Waals surface area contributed by atoms with Crippen LogP contribution >= 0.6 is 0 Å². The third-order valence-corrected chi connectivity index (χ3v) is 5.12. The molecule has 1 saturated carbocycles. The van der Waals surface area contributed by atoms with Crippen molar-refractivity contribution in [2.75, 3.05) is 45.9 Å². The minimum atomic E-state index is 0.0277. The molecule has 1 aliphatic carbocycles. The first-order valence-corrected chi connectivity index (χ1v) is 9.17. The Kier molecular flexibility index (Phi) is 6.10. The van der Waals surface area contributed by atoms with Crippen LogP contribution < -0.4 is 5.32 Å². The van der Waals surface area contributed by atoms with Crippen molar-refractivity contribution in [2.45, 2.75) is 25.2 Å². The highest BCUT2D eigenvalue weighted by Gasteiger charge is 2.27. The number of carbonyl (C=O) groups excluding carboxylic acids is 1. The third kappa shape index (κ3) is 4.95. The second-order valence-corrected chi connectivity index (χ2v) is 7.04. The minimum Gasteiger partial charge on any atom is -0.396 e. The number of carbonyl (C=O) groups is 1. The van der Waals surface area contributed by atoms with Gasteiger partial charge in [-0.1, -0.05) is 30.3 Å². The van der Waals surface area contributed by atoms with Crippen molar-refractivity contribution in [2.24, 2.45) is 5.92 Å². The molecule has 2 amide bonds. The number of nitrogens with zero attached hydrogens (tertiary/aromatic N) is 2. The molecule has 5 nitrogen and oxygen atoms in total. The second-order valence-electron chi connectivity index (χ2n) is 7.04. The van der Waals surface area contributed by atoms with Crippen LogP contribution in [0, 0.1) is 5.92 Å². The van der Waals surface area contributed by atoms with Crippen LogP contribution in [0.25, 0.3) is 0 Å². The second kappa shape index (κ2) is 8.49. The summed E-state index contributed by atoms with van der Waals surface area (Å²) in [4.78, 5) is 16.8. The summed E-state index contributed by atoms with van der Waals surface area (Å²) in [5.41, 5.74) is 1.17. The van der Waals surface area contributed by atoms with E-state index in [0.717, 1.165) is 32.1 Å². The average Bonchev–Trinajstić information content (AvgIpc) is 3.44. The molecule has 1 unspecified atom stereocenters. The summed E-state index contributed by atoms with van der Waals surface area (Å²) < 4.78 is 0. The van der Waals surface area contributed by atoms with Crippen molar-refractivity contribution >= 4 is 6.03 Å². The SMILES string of the molecule is O=C(NCC(CCO)c1ccccc1)N1CCN(CC2CC2)CC1. The lowest BCUT2D eigenvalue weighted by Crippen LogP contribution is -2.52. The number of rotatable bonds is 7. The maximum Gasteiger partial charge on any atom is 0.317 e. The molecular weight excluding hydrogens is 302 g/mol. The van der Waals surface area contributed by atoms with Gasteiger partial charge in [0.2, 0.25) is 0 Å². The molecule has 1 aromatic rings. The van der Waals surface area contributed by atoms with E-state index in [-0.39, 0.29) is 18.6 Å². The Morgan fingerprint density at radius 2 is 1.88 bits per heavy atom. The molecule has 132 valence electrons. The Bertz CT molecular complexity index is 511. The van der Waals surface area contributed by atoms with E-state index in [0.29, 0.717) is 13.0 Å². The number of nitrogens with one attached hydrogen (secondary N) is 1.